The van der Waals surface area contributed by atoms with E-state index in [1.807, 2.05) is 18.4 Å². The standard InChI is InChI=1S/C33H35N3O2S2/c1-21-30(26-13-6-7-14-28(26)35(21)2)27(20-39-3)33(34,32(37)38)36-17-15-23-16-18-40-31(23)29(36)19-24-11-8-10-22-9-4-5-12-25(22)24/h4-14,16,18,27,29H,15,17,19-20,34H2,1-3H3,(H,37,38). The van der Waals surface area contributed by atoms with E-state index in [0.29, 0.717) is 18.7 Å². The second-order valence-electron chi connectivity index (χ2n) is 10.8. The predicted molar refractivity (Wildman–Crippen MR) is 168 cm³/mol. The maximum atomic E-state index is 13.5. The molecule has 5 aromatic rings. The molecule has 0 fully saturated rings. The lowest BCUT2D eigenvalue weighted by Gasteiger charge is -2.48. The maximum absolute atomic E-state index is 13.5. The summed E-state index contributed by atoms with van der Waals surface area (Å²) in [5, 5.41) is 16.7. The molecule has 7 heteroatoms. The molecule has 40 heavy (non-hydrogen) atoms. The van der Waals surface area contributed by atoms with Gasteiger partial charge in [-0.05, 0) is 71.0 Å². The van der Waals surface area contributed by atoms with Crippen molar-refractivity contribution >= 4 is 50.7 Å². The molecule has 1 aliphatic rings. The minimum Gasteiger partial charge on any atom is -0.479 e. The van der Waals surface area contributed by atoms with Gasteiger partial charge in [-0.2, -0.15) is 11.8 Å². The van der Waals surface area contributed by atoms with E-state index in [1.54, 1.807) is 23.1 Å². The summed E-state index contributed by atoms with van der Waals surface area (Å²) in [6.45, 7) is 2.68. The molecule has 3 atom stereocenters. The van der Waals surface area contributed by atoms with Crippen LogP contribution in [0.4, 0.5) is 0 Å². The van der Waals surface area contributed by atoms with Gasteiger partial charge in [0.15, 0.2) is 5.66 Å². The molecular formula is C33H35N3O2S2. The highest BCUT2D eigenvalue weighted by atomic mass is 32.2. The number of carboxylic acids is 1. The Balaban J connectivity index is 1.53. The zero-order chi connectivity index (χ0) is 28.0. The van der Waals surface area contributed by atoms with Gasteiger partial charge in [0.25, 0.3) is 0 Å². The molecule has 0 saturated carbocycles. The van der Waals surface area contributed by atoms with Crippen LogP contribution in [0.3, 0.4) is 0 Å². The summed E-state index contributed by atoms with van der Waals surface area (Å²) in [6, 6.07) is 25.2. The van der Waals surface area contributed by atoms with Crippen molar-refractivity contribution in [2.75, 3.05) is 18.6 Å². The van der Waals surface area contributed by atoms with Crippen LogP contribution < -0.4 is 5.73 Å². The number of rotatable bonds is 8. The number of aliphatic carboxylic acids is 1. The van der Waals surface area contributed by atoms with Crippen molar-refractivity contribution in [3.8, 4) is 0 Å². The molecule has 5 nitrogen and oxygen atoms in total. The van der Waals surface area contributed by atoms with E-state index in [2.05, 4.69) is 89.5 Å². The Labute approximate surface area is 243 Å². The van der Waals surface area contributed by atoms with Gasteiger partial charge in [0.1, 0.15) is 0 Å². The summed E-state index contributed by atoms with van der Waals surface area (Å²) >= 11 is 3.38. The highest BCUT2D eigenvalue weighted by Gasteiger charge is 2.53. The fourth-order valence-corrected chi connectivity index (χ4v) is 8.59. The first kappa shape index (κ1) is 27.1. The molecule has 0 amide bonds. The van der Waals surface area contributed by atoms with Gasteiger partial charge in [-0.1, -0.05) is 60.7 Å². The van der Waals surface area contributed by atoms with E-state index < -0.39 is 17.6 Å². The monoisotopic (exact) mass is 569 g/mol. The van der Waals surface area contributed by atoms with E-state index in [-0.39, 0.29) is 6.04 Å². The number of fused-ring (bicyclic) bond motifs is 3. The van der Waals surface area contributed by atoms with Gasteiger partial charge in [-0.15, -0.1) is 11.3 Å². The number of nitrogens with zero attached hydrogens (tertiary/aromatic N) is 2. The second-order valence-corrected chi connectivity index (χ2v) is 12.7. The fourth-order valence-electron chi connectivity index (χ4n) is 6.77. The van der Waals surface area contributed by atoms with Crippen LogP contribution in [-0.4, -0.2) is 44.8 Å². The largest absolute Gasteiger partial charge is 0.479 e. The molecule has 3 aromatic carbocycles. The maximum Gasteiger partial charge on any atom is 0.339 e. The molecule has 3 N–H and O–H groups in total. The molecule has 2 aromatic heterocycles. The third kappa shape index (κ3) is 4.27. The molecule has 3 unspecified atom stereocenters. The average molecular weight is 570 g/mol. The minimum atomic E-state index is -1.60. The Hall–Kier alpha value is -3.10. The Morgan fingerprint density at radius 2 is 1.82 bits per heavy atom. The quantitative estimate of drug-likeness (QED) is 0.217. The third-order valence-corrected chi connectivity index (χ3v) is 10.6. The number of nitrogens with two attached hydrogens (primary N) is 1. The van der Waals surface area contributed by atoms with Gasteiger partial charge in [0.05, 0.1) is 6.04 Å². The van der Waals surface area contributed by atoms with E-state index in [4.69, 9.17) is 5.73 Å². The molecule has 0 spiro atoms. The Bertz CT molecular complexity index is 1700. The second kappa shape index (κ2) is 10.7. The van der Waals surface area contributed by atoms with Gasteiger partial charge in [-0.25, -0.2) is 4.79 Å². The first-order valence-electron chi connectivity index (χ1n) is 13.7. The predicted octanol–water partition coefficient (Wildman–Crippen LogP) is 6.73. The van der Waals surface area contributed by atoms with Crippen molar-refractivity contribution in [1.82, 2.24) is 9.47 Å². The molecule has 0 bridgehead atoms. The van der Waals surface area contributed by atoms with E-state index in [9.17, 15) is 9.90 Å². The summed E-state index contributed by atoms with van der Waals surface area (Å²) in [7, 11) is 2.05. The number of para-hydroxylation sites is 1. The minimum absolute atomic E-state index is 0.143. The van der Waals surface area contributed by atoms with Crippen molar-refractivity contribution in [2.45, 2.75) is 37.4 Å². The van der Waals surface area contributed by atoms with Crippen molar-refractivity contribution in [3.05, 3.63) is 105 Å². The summed E-state index contributed by atoms with van der Waals surface area (Å²) in [5.41, 5.74) is 11.5. The fraction of sp³-hybridized carbons (Fsp3) is 0.303. The van der Waals surface area contributed by atoms with Gasteiger partial charge in [0.2, 0.25) is 0 Å². The van der Waals surface area contributed by atoms with Crippen molar-refractivity contribution in [3.63, 3.8) is 0 Å². The summed E-state index contributed by atoms with van der Waals surface area (Å²) < 4.78 is 2.17. The number of carbonyl (C=O) groups is 1. The van der Waals surface area contributed by atoms with Crippen LogP contribution in [0.1, 0.15) is 39.2 Å². The smallest absolute Gasteiger partial charge is 0.339 e. The number of aromatic nitrogens is 1. The molecule has 0 saturated heterocycles. The van der Waals surface area contributed by atoms with Crippen molar-refractivity contribution in [2.24, 2.45) is 12.8 Å². The lowest BCUT2D eigenvalue weighted by molar-refractivity contribution is -0.155. The highest BCUT2D eigenvalue weighted by molar-refractivity contribution is 7.98. The van der Waals surface area contributed by atoms with Crippen LogP contribution in [0.5, 0.6) is 0 Å². The van der Waals surface area contributed by atoms with Crippen LogP contribution >= 0.6 is 23.1 Å². The number of hydrogen-bond acceptors (Lipinski definition) is 5. The molecule has 0 radical (unpaired) electrons. The number of carboxylic acid groups (broad SMARTS) is 1. The Kier molecular flexibility index (Phi) is 7.25. The Morgan fingerprint density at radius 1 is 1.10 bits per heavy atom. The number of thioether (sulfide) groups is 1. The van der Waals surface area contributed by atoms with Crippen molar-refractivity contribution in [1.29, 1.82) is 0 Å². The van der Waals surface area contributed by atoms with Crippen molar-refractivity contribution < 1.29 is 9.90 Å². The zero-order valence-corrected chi connectivity index (χ0v) is 24.8. The topological polar surface area (TPSA) is 71.5 Å². The number of benzene rings is 3. The first-order chi connectivity index (χ1) is 19.4. The van der Waals surface area contributed by atoms with Gasteiger partial charge in [-0.3, -0.25) is 4.90 Å². The molecular weight excluding hydrogens is 535 g/mol. The highest BCUT2D eigenvalue weighted by Crippen LogP contribution is 2.46. The lowest BCUT2D eigenvalue weighted by atomic mass is 9.81. The molecule has 206 valence electrons. The molecule has 3 heterocycles. The third-order valence-electron chi connectivity index (χ3n) is 8.85. The van der Waals surface area contributed by atoms with Crippen LogP contribution in [0.2, 0.25) is 0 Å². The molecule has 6 rings (SSSR count). The lowest BCUT2D eigenvalue weighted by Crippen LogP contribution is -2.67. The number of hydrogen-bond donors (Lipinski definition) is 2. The molecule has 1 aliphatic heterocycles. The van der Waals surface area contributed by atoms with Gasteiger partial charge in [0, 0.05) is 46.7 Å². The summed E-state index contributed by atoms with van der Waals surface area (Å²) in [6.07, 6.45) is 3.52. The van der Waals surface area contributed by atoms with Crippen LogP contribution in [0, 0.1) is 6.92 Å². The summed E-state index contributed by atoms with van der Waals surface area (Å²) in [4.78, 5) is 16.9. The van der Waals surface area contributed by atoms with E-state index in [1.165, 1.54) is 26.8 Å². The van der Waals surface area contributed by atoms with E-state index >= 15 is 0 Å². The van der Waals surface area contributed by atoms with Gasteiger partial charge < -0.3 is 15.4 Å². The SMILES string of the molecule is CSCC(c1c(C)n(C)c2ccccc12)C(N)(C(=O)O)N1CCc2ccsc2C1Cc1cccc2ccccc12. The first-order valence-corrected chi connectivity index (χ1v) is 16.0. The Morgan fingerprint density at radius 3 is 2.60 bits per heavy atom. The molecule has 0 aliphatic carbocycles. The van der Waals surface area contributed by atoms with Crippen LogP contribution in [0.25, 0.3) is 21.7 Å². The van der Waals surface area contributed by atoms with Crippen LogP contribution in [-0.2, 0) is 24.7 Å². The van der Waals surface area contributed by atoms with Crippen LogP contribution in [0.15, 0.2) is 78.2 Å². The zero-order valence-electron chi connectivity index (χ0n) is 23.1. The normalized spacial score (nSPS) is 18.1. The number of aryl methyl sites for hydroxylation is 1. The average Bonchev–Trinajstić information content (AvgIpc) is 3.55. The summed E-state index contributed by atoms with van der Waals surface area (Å²) in [5.74, 6) is -0.781. The van der Waals surface area contributed by atoms with E-state index in [0.717, 1.165) is 28.6 Å². The van der Waals surface area contributed by atoms with Gasteiger partial charge >= 0.3 is 5.97 Å². The number of thiophene rings is 1.